The molecule has 1 fully saturated rings. The van der Waals surface area contributed by atoms with E-state index in [0.717, 1.165) is 19.4 Å². The van der Waals surface area contributed by atoms with Gasteiger partial charge in [0, 0.05) is 6.42 Å². The molecule has 2 nitrogen and oxygen atoms in total. The standard InChI is InChI=1S/C16H21NO/c1-16(8-4-5-9-17-16)15(18)11-13-10-12-6-2-3-7-14(12)13/h2-3,6-7,13,17H,4-5,8-11H2,1H3. The average molecular weight is 243 g/mol. The van der Waals surface area contributed by atoms with Gasteiger partial charge in [-0.15, -0.1) is 0 Å². The fourth-order valence-electron chi connectivity index (χ4n) is 3.29. The van der Waals surface area contributed by atoms with Gasteiger partial charge in [0.2, 0.25) is 0 Å². The summed E-state index contributed by atoms with van der Waals surface area (Å²) in [6, 6.07) is 8.52. The molecule has 3 rings (SSSR count). The summed E-state index contributed by atoms with van der Waals surface area (Å²) in [6.45, 7) is 3.07. The van der Waals surface area contributed by atoms with E-state index in [1.54, 1.807) is 0 Å². The maximum Gasteiger partial charge on any atom is 0.153 e. The summed E-state index contributed by atoms with van der Waals surface area (Å²) in [5.41, 5.74) is 2.56. The van der Waals surface area contributed by atoms with Gasteiger partial charge >= 0.3 is 0 Å². The van der Waals surface area contributed by atoms with Crippen LogP contribution in [0.15, 0.2) is 24.3 Å². The van der Waals surface area contributed by atoms with Crippen LogP contribution in [0.4, 0.5) is 0 Å². The highest BCUT2D eigenvalue weighted by Crippen LogP contribution is 2.38. The lowest BCUT2D eigenvalue weighted by Crippen LogP contribution is -2.52. The van der Waals surface area contributed by atoms with Gasteiger partial charge in [-0.05, 0) is 56.2 Å². The number of carbonyl (C=O) groups excluding carboxylic acids is 1. The molecule has 1 N–H and O–H groups in total. The number of ketones is 1. The molecule has 0 amide bonds. The third kappa shape index (κ3) is 1.99. The first-order valence-electron chi connectivity index (χ1n) is 7.05. The molecule has 1 aliphatic heterocycles. The zero-order valence-corrected chi connectivity index (χ0v) is 11.0. The van der Waals surface area contributed by atoms with Crippen LogP contribution in [-0.2, 0) is 11.2 Å². The van der Waals surface area contributed by atoms with Gasteiger partial charge in [0.15, 0.2) is 5.78 Å². The summed E-state index contributed by atoms with van der Waals surface area (Å²) < 4.78 is 0. The molecule has 2 heteroatoms. The van der Waals surface area contributed by atoms with Crippen LogP contribution in [0.5, 0.6) is 0 Å². The van der Waals surface area contributed by atoms with Crippen molar-refractivity contribution in [3.63, 3.8) is 0 Å². The van der Waals surface area contributed by atoms with Crippen molar-refractivity contribution < 1.29 is 4.79 Å². The van der Waals surface area contributed by atoms with Gasteiger partial charge < -0.3 is 5.32 Å². The van der Waals surface area contributed by atoms with Crippen molar-refractivity contribution >= 4 is 5.78 Å². The largest absolute Gasteiger partial charge is 0.305 e. The van der Waals surface area contributed by atoms with Gasteiger partial charge in [-0.3, -0.25) is 4.79 Å². The molecular weight excluding hydrogens is 222 g/mol. The van der Waals surface area contributed by atoms with Crippen LogP contribution in [0.25, 0.3) is 0 Å². The van der Waals surface area contributed by atoms with Crippen LogP contribution in [0.3, 0.4) is 0 Å². The van der Waals surface area contributed by atoms with Crippen LogP contribution >= 0.6 is 0 Å². The highest BCUT2D eigenvalue weighted by Gasteiger charge is 2.37. The smallest absolute Gasteiger partial charge is 0.153 e. The highest BCUT2D eigenvalue weighted by molar-refractivity contribution is 5.89. The van der Waals surface area contributed by atoms with E-state index in [4.69, 9.17) is 0 Å². The summed E-state index contributed by atoms with van der Waals surface area (Å²) in [4.78, 5) is 12.5. The first-order chi connectivity index (χ1) is 8.69. The monoisotopic (exact) mass is 243 g/mol. The van der Waals surface area contributed by atoms with Crippen molar-refractivity contribution in [2.45, 2.75) is 50.5 Å². The molecule has 1 saturated heterocycles. The van der Waals surface area contributed by atoms with Gasteiger partial charge in [-0.25, -0.2) is 0 Å². The minimum atomic E-state index is -0.261. The molecule has 0 bridgehead atoms. The first kappa shape index (κ1) is 11.9. The van der Waals surface area contributed by atoms with Crippen LogP contribution in [-0.4, -0.2) is 17.9 Å². The van der Waals surface area contributed by atoms with Crippen LogP contribution in [0, 0.1) is 0 Å². The number of fused-ring (bicyclic) bond motifs is 1. The van der Waals surface area contributed by atoms with E-state index >= 15 is 0 Å². The van der Waals surface area contributed by atoms with E-state index < -0.39 is 0 Å². The number of rotatable bonds is 3. The van der Waals surface area contributed by atoms with Crippen molar-refractivity contribution in [1.29, 1.82) is 0 Å². The quantitative estimate of drug-likeness (QED) is 0.884. The predicted molar refractivity (Wildman–Crippen MR) is 72.8 cm³/mol. The fraction of sp³-hybridized carbons (Fsp3) is 0.562. The van der Waals surface area contributed by atoms with E-state index in [-0.39, 0.29) is 5.54 Å². The minimum Gasteiger partial charge on any atom is -0.305 e. The molecule has 1 heterocycles. The third-order valence-electron chi connectivity index (χ3n) is 4.63. The van der Waals surface area contributed by atoms with Crippen molar-refractivity contribution in [2.75, 3.05) is 6.54 Å². The molecule has 2 aliphatic rings. The molecule has 18 heavy (non-hydrogen) atoms. The average Bonchev–Trinajstić information content (AvgIpc) is 2.36. The Morgan fingerprint density at radius 3 is 2.94 bits per heavy atom. The second-order valence-corrected chi connectivity index (χ2v) is 5.94. The second kappa shape index (κ2) is 4.51. The van der Waals surface area contributed by atoms with Crippen LogP contribution in [0.1, 0.15) is 49.7 Å². The van der Waals surface area contributed by atoms with Gasteiger partial charge in [-0.2, -0.15) is 0 Å². The van der Waals surface area contributed by atoms with Gasteiger partial charge in [-0.1, -0.05) is 24.3 Å². The minimum absolute atomic E-state index is 0.261. The van der Waals surface area contributed by atoms with Crippen molar-refractivity contribution in [2.24, 2.45) is 0 Å². The Kier molecular flexibility index (Phi) is 2.98. The molecule has 0 radical (unpaired) electrons. The molecule has 2 atom stereocenters. The molecule has 0 saturated carbocycles. The van der Waals surface area contributed by atoms with E-state index in [1.807, 2.05) is 0 Å². The van der Waals surface area contributed by atoms with E-state index in [1.165, 1.54) is 24.0 Å². The number of hydrogen-bond acceptors (Lipinski definition) is 2. The van der Waals surface area contributed by atoms with Crippen molar-refractivity contribution in [1.82, 2.24) is 5.32 Å². The highest BCUT2D eigenvalue weighted by atomic mass is 16.1. The summed E-state index contributed by atoms with van der Waals surface area (Å²) in [6.07, 6.45) is 5.17. The van der Waals surface area contributed by atoms with Gasteiger partial charge in [0.25, 0.3) is 0 Å². The molecular formula is C16H21NO. The number of nitrogens with one attached hydrogen (secondary N) is 1. The topological polar surface area (TPSA) is 29.1 Å². The Hall–Kier alpha value is -1.15. The normalized spacial score (nSPS) is 30.4. The molecule has 96 valence electrons. The maximum absolute atomic E-state index is 12.5. The Balaban J connectivity index is 1.66. The molecule has 1 aliphatic carbocycles. The van der Waals surface area contributed by atoms with E-state index in [0.29, 0.717) is 18.1 Å². The lowest BCUT2D eigenvalue weighted by atomic mass is 9.72. The molecule has 2 unspecified atom stereocenters. The number of piperidine rings is 1. The zero-order valence-electron chi connectivity index (χ0n) is 11.0. The molecule has 1 aromatic rings. The lowest BCUT2D eigenvalue weighted by Gasteiger charge is -2.37. The Labute approximate surface area is 109 Å². The second-order valence-electron chi connectivity index (χ2n) is 5.94. The van der Waals surface area contributed by atoms with E-state index in [2.05, 4.69) is 36.5 Å². The number of Topliss-reactive ketones (excluding diaryl/α,β-unsaturated/α-hetero) is 1. The Morgan fingerprint density at radius 1 is 1.39 bits per heavy atom. The third-order valence-corrected chi connectivity index (χ3v) is 4.63. The van der Waals surface area contributed by atoms with Gasteiger partial charge in [0.1, 0.15) is 0 Å². The number of carbonyl (C=O) groups is 1. The van der Waals surface area contributed by atoms with Crippen molar-refractivity contribution in [3.05, 3.63) is 35.4 Å². The van der Waals surface area contributed by atoms with E-state index in [9.17, 15) is 4.79 Å². The van der Waals surface area contributed by atoms with Crippen LogP contribution < -0.4 is 5.32 Å². The van der Waals surface area contributed by atoms with Crippen molar-refractivity contribution in [3.8, 4) is 0 Å². The summed E-state index contributed by atoms with van der Waals surface area (Å²) in [5, 5.41) is 3.42. The summed E-state index contributed by atoms with van der Waals surface area (Å²) in [7, 11) is 0. The summed E-state index contributed by atoms with van der Waals surface area (Å²) >= 11 is 0. The molecule has 1 aromatic carbocycles. The predicted octanol–water partition coefficient (Wildman–Crippen LogP) is 2.82. The van der Waals surface area contributed by atoms with Gasteiger partial charge in [0.05, 0.1) is 5.54 Å². The Morgan fingerprint density at radius 2 is 2.22 bits per heavy atom. The molecule has 0 aromatic heterocycles. The lowest BCUT2D eigenvalue weighted by molar-refractivity contribution is -0.126. The number of hydrogen-bond donors (Lipinski definition) is 1. The Bertz CT molecular complexity index is 460. The zero-order chi connectivity index (χ0) is 12.6. The fourth-order valence-corrected chi connectivity index (χ4v) is 3.29. The molecule has 0 spiro atoms. The first-order valence-corrected chi connectivity index (χ1v) is 7.05. The summed E-state index contributed by atoms with van der Waals surface area (Å²) in [5.74, 6) is 0.871. The maximum atomic E-state index is 12.5. The van der Waals surface area contributed by atoms with Crippen LogP contribution in [0.2, 0.25) is 0 Å². The SMILES string of the molecule is CC1(C(=O)CC2Cc3ccccc32)CCCCN1. The number of benzene rings is 1.